The Balaban J connectivity index is 1.44. The third-order valence-electron chi connectivity index (χ3n) is 6.24. The van der Waals surface area contributed by atoms with Gasteiger partial charge >= 0.3 is 0 Å². The summed E-state index contributed by atoms with van der Waals surface area (Å²) in [6.45, 7) is 3.92. The predicted molar refractivity (Wildman–Crippen MR) is 144 cm³/mol. The molecule has 3 heterocycles. The van der Waals surface area contributed by atoms with Gasteiger partial charge in [-0.3, -0.25) is 9.79 Å². The van der Waals surface area contributed by atoms with Gasteiger partial charge in [0.15, 0.2) is 0 Å². The molecule has 186 valence electrons. The molecule has 0 amide bonds. The van der Waals surface area contributed by atoms with Crippen molar-refractivity contribution >= 4 is 40.3 Å². The van der Waals surface area contributed by atoms with E-state index in [4.69, 9.17) is 21.3 Å². The van der Waals surface area contributed by atoms with Crippen molar-refractivity contribution in [1.82, 2.24) is 15.0 Å². The van der Waals surface area contributed by atoms with Crippen molar-refractivity contribution in [2.75, 3.05) is 37.0 Å². The maximum absolute atomic E-state index is 12.9. The van der Waals surface area contributed by atoms with Crippen LogP contribution in [-0.4, -0.2) is 53.1 Å². The summed E-state index contributed by atoms with van der Waals surface area (Å²) in [4.78, 5) is 30.2. The number of aliphatic hydroxyl groups excluding tert-OH is 1. The summed E-state index contributed by atoms with van der Waals surface area (Å²) in [7, 11) is 1.54. The normalized spacial score (nSPS) is 14.3. The number of pyridine rings is 1. The number of imidazole rings is 1. The number of benzene rings is 2. The van der Waals surface area contributed by atoms with Crippen molar-refractivity contribution in [3.63, 3.8) is 0 Å². The molecule has 4 aromatic rings. The summed E-state index contributed by atoms with van der Waals surface area (Å²) < 4.78 is 5.18. The van der Waals surface area contributed by atoms with Crippen LogP contribution < -0.4 is 20.5 Å². The second-order valence-electron chi connectivity index (χ2n) is 8.70. The SMILES string of the molecule is COc1ccc([C@@H](O)CNc2cc[nH]c(=O)c2-c2nc3c(C)cc(N4C=NCCC4)cc3[nH]2)cc1Cl. The molecule has 5 rings (SSSR count). The van der Waals surface area contributed by atoms with E-state index in [2.05, 4.69) is 31.2 Å². The number of hydrogen-bond donors (Lipinski definition) is 4. The smallest absolute Gasteiger partial charge is 0.261 e. The highest BCUT2D eigenvalue weighted by Crippen LogP contribution is 2.31. The molecule has 0 saturated heterocycles. The van der Waals surface area contributed by atoms with Gasteiger partial charge in [0.1, 0.15) is 17.1 Å². The van der Waals surface area contributed by atoms with Gasteiger partial charge in [0.25, 0.3) is 5.56 Å². The van der Waals surface area contributed by atoms with Crippen LogP contribution in [0.5, 0.6) is 5.75 Å². The Morgan fingerprint density at radius 2 is 2.14 bits per heavy atom. The Kier molecular flexibility index (Phi) is 6.67. The lowest BCUT2D eigenvalue weighted by Crippen LogP contribution is -2.26. The molecule has 0 spiro atoms. The average Bonchev–Trinajstić information content (AvgIpc) is 3.32. The number of H-pyrrole nitrogens is 2. The fourth-order valence-electron chi connectivity index (χ4n) is 4.37. The van der Waals surface area contributed by atoms with Gasteiger partial charge in [-0.15, -0.1) is 0 Å². The highest BCUT2D eigenvalue weighted by molar-refractivity contribution is 6.32. The first-order valence-electron chi connectivity index (χ1n) is 11.7. The topological polar surface area (TPSA) is 119 Å². The lowest BCUT2D eigenvalue weighted by Gasteiger charge is -2.22. The molecule has 0 unspecified atom stereocenters. The second-order valence-corrected chi connectivity index (χ2v) is 9.11. The Morgan fingerprint density at radius 3 is 2.89 bits per heavy atom. The highest BCUT2D eigenvalue weighted by Gasteiger charge is 2.18. The number of methoxy groups -OCH3 is 1. The van der Waals surface area contributed by atoms with Crippen LogP contribution >= 0.6 is 11.6 Å². The van der Waals surface area contributed by atoms with E-state index < -0.39 is 6.10 Å². The number of nitrogens with one attached hydrogen (secondary N) is 3. The van der Waals surface area contributed by atoms with Crippen molar-refractivity contribution in [1.29, 1.82) is 0 Å². The second kappa shape index (κ2) is 10.0. The molecular formula is C26H27ClN6O3. The van der Waals surface area contributed by atoms with Gasteiger partial charge in [0.05, 0.1) is 41.3 Å². The van der Waals surface area contributed by atoms with E-state index in [0.717, 1.165) is 41.8 Å². The Morgan fingerprint density at radius 1 is 1.28 bits per heavy atom. The number of ether oxygens (including phenoxy) is 1. The summed E-state index contributed by atoms with van der Waals surface area (Å²) in [5.41, 5.74) is 4.92. The zero-order valence-electron chi connectivity index (χ0n) is 20.0. The molecule has 1 aliphatic heterocycles. The standard InChI is InChI=1S/C26H27ClN6O3/c1-15-10-17(33-9-3-7-28-14-33)12-20-24(15)32-25(31-20)23-19(6-8-29-26(23)35)30-13-21(34)16-4-5-22(36-2)18(27)11-16/h4-6,8,10-12,14,21,34H,3,7,9,13H2,1-2H3,(H,31,32)(H2,29,30,35)/t21-/m0/s1. The quantitative estimate of drug-likeness (QED) is 0.297. The number of aliphatic imine (C=N–C) groups is 1. The van der Waals surface area contributed by atoms with Crippen molar-refractivity contribution in [3.05, 3.63) is 69.1 Å². The number of hydrogen-bond acceptors (Lipinski definition) is 7. The van der Waals surface area contributed by atoms with Crippen LogP contribution in [0.4, 0.5) is 11.4 Å². The molecule has 10 heteroatoms. The largest absolute Gasteiger partial charge is 0.495 e. The van der Waals surface area contributed by atoms with E-state index in [9.17, 15) is 9.90 Å². The monoisotopic (exact) mass is 506 g/mol. The van der Waals surface area contributed by atoms with Crippen molar-refractivity contribution < 1.29 is 9.84 Å². The third-order valence-corrected chi connectivity index (χ3v) is 6.54. The number of halogens is 1. The summed E-state index contributed by atoms with van der Waals surface area (Å²) in [5, 5.41) is 14.3. The fourth-order valence-corrected chi connectivity index (χ4v) is 4.64. The number of anilines is 2. The first-order chi connectivity index (χ1) is 17.4. The molecule has 0 radical (unpaired) electrons. The number of aromatic amines is 2. The number of fused-ring (bicyclic) bond motifs is 1. The predicted octanol–water partition coefficient (Wildman–Crippen LogP) is 4.27. The van der Waals surface area contributed by atoms with Crippen LogP contribution in [0.25, 0.3) is 22.4 Å². The van der Waals surface area contributed by atoms with E-state index in [1.807, 2.05) is 19.3 Å². The van der Waals surface area contributed by atoms with Crippen LogP contribution in [0.3, 0.4) is 0 Å². The lowest BCUT2D eigenvalue weighted by molar-refractivity contribution is 0.191. The highest BCUT2D eigenvalue weighted by atomic mass is 35.5. The van der Waals surface area contributed by atoms with Crippen molar-refractivity contribution in [2.45, 2.75) is 19.4 Å². The van der Waals surface area contributed by atoms with E-state index in [1.165, 1.54) is 7.11 Å². The van der Waals surface area contributed by atoms with Gasteiger partial charge < -0.3 is 30.0 Å². The van der Waals surface area contributed by atoms with Crippen molar-refractivity contribution in [2.24, 2.45) is 4.99 Å². The Hall–Kier alpha value is -3.82. The Bertz CT molecular complexity index is 1500. The fraction of sp³-hybridized carbons (Fsp3) is 0.269. The molecule has 0 saturated carbocycles. The zero-order chi connectivity index (χ0) is 25.2. The first-order valence-corrected chi connectivity index (χ1v) is 12.1. The molecule has 2 aromatic heterocycles. The van der Waals surface area contributed by atoms with Crippen LogP contribution in [-0.2, 0) is 0 Å². The number of aromatic nitrogens is 3. The molecular weight excluding hydrogens is 480 g/mol. The van der Waals surface area contributed by atoms with Gasteiger partial charge in [0.2, 0.25) is 0 Å². The molecule has 9 nitrogen and oxygen atoms in total. The molecule has 1 aliphatic rings. The Labute approximate surface area is 212 Å². The van der Waals surface area contributed by atoms with Gasteiger partial charge in [-0.05, 0) is 54.8 Å². The molecule has 0 bridgehead atoms. The van der Waals surface area contributed by atoms with Crippen LogP contribution in [0, 0.1) is 6.92 Å². The third kappa shape index (κ3) is 4.67. The van der Waals surface area contributed by atoms with Gasteiger partial charge in [-0.2, -0.15) is 0 Å². The van der Waals surface area contributed by atoms with E-state index in [-0.39, 0.29) is 12.1 Å². The minimum Gasteiger partial charge on any atom is -0.495 e. The molecule has 0 fully saturated rings. The minimum absolute atomic E-state index is 0.164. The number of aliphatic hydroxyl groups is 1. The van der Waals surface area contributed by atoms with E-state index in [1.54, 1.807) is 30.5 Å². The first kappa shape index (κ1) is 23.9. The summed E-state index contributed by atoms with van der Waals surface area (Å²) >= 11 is 6.20. The lowest BCUT2D eigenvalue weighted by atomic mass is 10.1. The van der Waals surface area contributed by atoms with Crippen LogP contribution in [0.1, 0.15) is 23.7 Å². The molecule has 0 aliphatic carbocycles. The van der Waals surface area contributed by atoms with Gasteiger partial charge in [0, 0.05) is 31.5 Å². The summed E-state index contributed by atoms with van der Waals surface area (Å²) in [5.74, 6) is 0.984. The van der Waals surface area contributed by atoms with E-state index in [0.29, 0.717) is 33.4 Å². The number of aryl methyl sites for hydroxylation is 1. The maximum Gasteiger partial charge on any atom is 0.261 e. The number of nitrogens with zero attached hydrogens (tertiary/aromatic N) is 3. The van der Waals surface area contributed by atoms with Gasteiger partial charge in [-0.25, -0.2) is 4.98 Å². The minimum atomic E-state index is -0.854. The van der Waals surface area contributed by atoms with E-state index >= 15 is 0 Å². The van der Waals surface area contributed by atoms with Crippen LogP contribution in [0.15, 0.2) is 52.4 Å². The van der Waals surface area contributed by atoms with Gasteiger partial charge in [-0.1, -0.05) is 17.7 Å². The summed E-state index contributed by atoms with van der Waals surface area (Å²) in [6.07, 6.45) is 3.58. The van der Waals surface area contributed by atoms with Crippen LogP contribution in [0.2, 0.25) is 5.02 Å². The molecule has 36 heavy (non-hydrogen) atoms. The summed E-state index contributed by atoms with van der Waals surface area (Å²) in [6, 6.07) is 11.0. The zero-order valence-corrected chi connectivity index (χ0v) is 20.8. The average molecular weight is 507 g/mol. The van der Waals surface area contributed by atoms with Crippen molar-refractivity contribution in [3.8, 4) is 17.1 Å². The molecule has 4 N–H and O–H groups in total. The molecule has 1 atom stereocenters. The maximum atomic E-state index is 12.9. The molecule has 2 aromatic carbocycles. The number of rotatable bonds is 7.